The molecule has 1 amide bonds. The van der Waals surface area contributed by atoms with Crippen molar-refractivity contribution >= 4 is 5.91 Å². The lowest BCUT2D eigenvalue weighted by Gasteiger charge is -2.37. The molecule has 1 aliphatic heterocycles. The topological polar surface area (TPSA) is 53.4 Å². The molecule has 1 spiro atoms. The molecule has 3 rings (SSSR count). The van der Waals surface area contributed by atoms with Gasteiger partial charge in [-0.25, -0.2) is 0 Å². The first kappa shape index (κ1) is 12.6. The molecule has 0 aromatic carbocycles. The minimum atomic E-state index is -0.365. The molecular formula is C15H20N2O2. The van der Waals surface area contributed by atoms with E-state index in [9.17, 15) is 9.90 Å². The van der Waals surface area contributed by atoms with E-state index in [-0.39, 0.29) is 17.6 Å². The van der Waals surface area contributed by atoms with Crippen LogP contribution in [0, 0.1) is 6.92 Å². The molecule has 4 heteroatoms. The largest absolute Gasteiger partial charge is 0.391 e. The van der Waals surface area contributed by atoms with Crippen LogP contribution in [0.4, 0.5) is 0 Å². The Morgan fingerprint density at radius 2 is 2.21 bits per heavy atom. The fourth-order valence-corrected chi connectivity index (χ4v) is 3.65. The molecule has 19 heavy (non-hydrogen) atoms. The third-order valence-corrected chi connectivity index (χ3v) is 4.77. The number of pyridine rings is 1. The van der Waals surface area contributed by atoms with Gasteiger partial charge in [0.05, 0.1) is 17.2 Å². The molecule has 1 saturated carbocycles. The monoisotopic (exact) mass is 260 g/mol. The Balaban J connectivity index is 1.94. The van der Waals surface area contributed by atoms with Crippen LogP contribution in [0.5, 0.6) is 0 Å². The Hall–Kier alpha value is -1.42. The van der Waals surface area contributed by atoms with Gasteiger partial charge in [-0.15, -0.1) is 0 Å². The van der Waals surface area contributed by atoms with Gasteiger partial charge in [0, 0.05) is 18.9 Å². The molecule has 102 valence electrons. The highest BCUT2D eigenvalue weighted by Gasteiger charge is 2.51. The predicted octanol–water partition coefficient (Wildman–Crippen LogP) is 1.91. The second-order valence-corrected chi connectivity index (χ2v) is 5.76. The van der Waals surface area contributed by atoms with Gasteiger partial charge in [0.1, 0.15) is 0 Å². The van der Waals surface area contributed by atoms with Crippen LogP contribution in [0.2, 0.25) is 0 Å². The number of hydrogen-bond acceptors (Lipinski definition) is 3. The summed E-state index contributed by atoms with van der Waals surface area (Å²) in [5.41, 5.74) is 1.32. The molecular weight excluding hydrogens is 240 g/mol. The van der Waals surface area contributed by atoms with Crippen LogP contribution >= 0.6 is 0 Å². The number of hydrogen-bond donors (Lipinski definition) is 1. The van der Waals surface area contributed by atoms with Crippen LogP contribution in [0.3, 0.4) is 0 Å². The summed E-state index contributed by atoms with van der Waals surface area (Å²) in [6.45, 7) is 2.59. The summed E-state index contributed by atoms with van der Waals surface area (Å²) in [5, 5.41) is 10.3. The number of rotatable bonds is 1. The van der Waals surface area contributed by atoms with Crippen molar-refractivity contribution in [1.82, 2.24) is 9.88 Å². The zero-order valence-corrected chi connectivity index (χ0v) is 11.3. The number of aryl methyl sites for hydroxylation is 1. The summed E-state index contributed by atoms with van der Waals surface area (Å²) in [7, 11) is 0. The average molecular weight is 260 g/mol. The first-order chi connectivity index (χ1) is 9.15. The number of aliphatic hydroxyl groups excluding tert-OH is 1. The lowest BCUT2D eigenvalue weighted by molar-refractivity contribution is 0.0260. The van der Waals surface area contributed by atoms with Crippen LogP contribution in [-0.2, 0) is 0 Å². The van der Waals surface area contributed by atoms with Crippen LogP contribution in [-0.4, -0.2) is 39.1 Å². The van der Waals surface area contributed by atoms with E-state index in [1.165, 1.54) is 0 Å². The third-order valence-electron chi connectivity index (χ3n) is 4.77. The highest BCUT2D eigenvalue weighted by atomic mass is 16.3. The second-order valence-electron chi connectivity index (χ2n) is 5.76. The molecule has 4 nitrogen and oxygen atoms in total. The van der Waals surface area contributed by atoms with E-state index in [1.54, 1.807) is 12.4 Å². The molecule has 2 heterocycles. The van der Waals surface area contributed by atoms with Gasteiger partial charge >= 0.3 is 0 Å². The molecule has 1 saturated heterocycles. The molecule has 0 radical (unpaired) electrons. The fraction of sp³-hybridized carbons (Fsp3) is 0.600. The number of carbonyl (C=O) groups excluding carboxylic acids is 1. The quantitative estimate of drug-likeness (QED) is 0.839. The van der Waals surface area contributed by atoms with Gasteiger partial charge in [-0.1, -0.05) is 12.8 Å². The Labute approximate surface area is 113 Å². The van der Waals surface area contributed by atoms with Crippen molar-refractivity contribution in [3.63, 3.8) is 0 Å². The summed E-state index contributed by atoms with van der Waals surface area (Å²) in [4.78, 5) is 18.7. The van der Waals surface area contributed by atoms with Crippen LogP contribution in [0.15, 0.2) is 18.5 Å². The minimum Gasteiger partial charge on any atom is -0.391 e. The number of carbonyl (C=O) groups is 1. The maximum absolute atomic E-state index is 12.7. The van der Waals surface area contributed by atoms with Crippen molar-refractivity contribution in [2.24, 2.45) is 0 Å². The predicted molar refractivity (Wildman–Crippen MR) is 71.8 cm³/mol. The Bertz CT molecular complexity index is 495. The number of amides is 1. The molecule has 1 N–H and O–H groups in total. The standard InChI is InChI=1S/C15H20N2O2/c1-11-4-8-16-10-12(11)14(19)17-9-5-13(18)15(17)6-2-3-7-15/h4,8,10,13,18H,2-3,5-7,9H2,1H3. The Morgan fingerprint density at radius 3 is 2.89 bits per heavy atom. The summed E-state index contributed by atoms with van der Waals surface area (Å²) >= 11 is 0. The molecule has 2 fully saturated rings. The first-order valence-electron chi connectivity index (χ1n) is 7.06. The zero-order valence-electron chi connectivity index (χ0n) is 11.3. The van der Waals surface area contributed by atoms with Gasteiger partial charge in [0.15, 0.2) is 0 Å². The highest BCUT2D eigenvalue weighted by Crippen LogP contribution is 2.44. The van der Waals surface area contributed by atoms with Gasteiger partial charge < -0.3 is 10.0 Å². The molecule has 1 aromatic rings. The normalized spacial score (nSPS) is 25.2. The number of aromatic nitrogens is 1. The highest BCUT2D eigenvalue weighted by molar-refractivity contribution is 5.96. The van der Waals surface area contributed by atoms with E-state index in [1.807, 2.05) is 17.9 Å². The number of likely N-dealkylation sites (tertiary alicyclic amines) is 1. The van der Waals surface area contributed by atoms with Crippen molar-refractivity contribution < 1.29 is 9.90 Å². The Morgan fingerprint density at radius 1 is 1.47 bits per heavy atom. The average Bonchev–Trinajstić information content (AvgIpc) is 3.00. The number of nitrogens with zero attached hydrogens (tertiary/aromatic N) is 2. The summed E-state index contributed by atoms with van der Waals surface area (Å²) in [6, 6.07) is 1.86. The summed E-state index contributed by atoms with van der Waals surface area (Å²) in [6.07, 6.45) is 7.75. The van der Waals surface area contributed by atoms with Crippen LogP contribution < -0.4 is 0 Å². The molecule has 1 atom stereocenters. The van der Waals surface area contributed by atoms with Gasteiger partial charge in [0.2, 0.25) is 0 Å². The molecule has 1 aromatic heterocycles. The first-order valence-corrected chi connectivity index (χ1v) is 7.06. The lowest BCUT2D eigenvalue weighted by Crippen LogP contribution is -2.51. The molecule has 1 aliphatic carbocycles. The van der Waals surface area contributed by atoms with Gasteiger partial charge in [-0.05, 0) is 37.8 Å². The van der Waals surface area contributed by atoms with Crippen molar-refractivity contribution in [3.05, 3.63) is 29.6 Å². The van der Waals surface area contributed by atoms with Crippen molar-refractivity contribution in [1.29, 1.82) is 0 Å². The van der Waals surface area contributed by atoms with E-state index in [0.29, 0.717) is 18.5 Å². The second kappa shape index (κ2) is 4.60. The third kappa shape index (κ3) is 1.86. The van der Waals surface area contributed by atoms with Crippen LogP contribution in [0.25, 0.3) is 0 Å². The molecule has 1 unspecified atom stereocenters. The fourth-order valence-electron chi connectivity index (χ4n) is 3.65. The lowest BCUT2D eigenvalue weighted by atomic mass is 9.91. The minimum absolute atomic E-state index is 0.0315. The van der Waals surface area contributed by atoms with E-state index >= 15 is 0 Å². The summed E-state index contributed by atoms with van der Waals surface area (Å²) in [5.74, 6) is 0.0315. The maximum atomic E-state index is 12.7. The molecule has 0 bridgehead atoms. The van der Waals surface area contributed by atoms with E-state index in [2.05, 4.69) is 4.98 Å². The van der Waals surface area contributed by atoms with E-state index in [4.69, 9.17) is 0 Å². The van der Waals surface area contributed by atoms with Crippen molar-refractivity contribution in [2.75, 3.05) is 6.54 Å². The smallest absolute Gasteiger partial charge is 0.256 e. The van der Waals surface area contributed by atoms with E-state index < -0.39 is 0 Å². The summed E-state index contributed by atoms with van der Waals surface area (Å²) < 4.78 is 0. The molecule has 2 aliphatic rings. The van der Waals surface area contributed by atoms with Crippen molar-refractivity contribution in [2.45, 2.75) is 50.7 Å². The van der Waals surface area contributed by atoms with Crippen molar-refractivity contribution in [3.8, 4) is 0 Å². The van der Waals surface area contributed by atoms with Gasteiger partial charge in [-0.3, -0.25) is 9.78 Å². The van der Waals surface area contributed by atoms with E-state index in [0.717, 1.165) is 31.2 Å². The number of aliphatic hydroxyl groups is 1. The SMILES string of the molecule is Cc1ccncc1C(=O)N1CCC(O)C12CCCC2. The maximum Gasteiger partial charge on any atom is 0.256 e. The zero-order chi connectivity index (χ0) is 13.5. The Kier molecular flexibility index (Phi) is 3.05. The van der Waals surface area contributed by atoms with Crippen LogP contribution in [0.1, 0.15) is 48.0 Å². The van der Waals surface area contributed by atoms with Gasteiger partial charge in [0.25, 0.3) is 5.91 Å². The van der Waals surface area contributed by atoms with Gasteiger partial charge in [-0.2, -0.15) is 0 Å².